The molecule has 0 spiro atoms. The van der Waals surface area contributed by atoms with Gasteiger partial charge in [-0.3, -0.25) is 4.72 Å². The molecule has 0 radical (unpaired) electrons. The second kappa shape index (κ2) is 7.91. The average molecular weight is 359 g/mol. The van der Waals surface area contributed by atoms with E-state index in [0.717, 1.165) is 44.3 Å². The van der Waals surface area contributed by atoms with E-state index in [1.54, 1.807) is 18.2 Å². The Morgan fingerprint density at radius 3 is 2.32 bits per heavy atom. The average Bonchev–Trinajstić information content (AvgIpc) is 2.63. The SMILES string of the molecule is CCCCNc1ccc(NS(=O)(=O)c2ccc3c(c2)CCCC3)cc1. The Hall–Kier alpha value is -2.01. The lowest BCUT2D eigenvalue weighted by Crippen LogP contribution is -2.14. The second-order valence-electron chi connectivity index (χ2n) is 6.60. The molecule has 5 heteroatoms. The molecule has 2 aromatic rings. The van der Waals surface area contributed by atoms with Crippen LogP contribution in [0.3, 0.4) is 0 Å². The highest BCUT2D eigenvalue weighted by atomic mass is 32.2. The maximum absolute atomic E-state index is 12.7. The third kappa shape index (κ3) is 4.54. The number of fused-ring (bicyclic) bond motifs is 1. The van der Waals surface area contributed by atoms with E-state index in [4.69, 9.17) is 0 Å². The van der Waals surface area contributed by atoms with Gasteiger partial charge in [0.1, 0.15) is 0 Å². The van der Waals surface area contributed by atoms with Crippen molar-refractivity contribution >= 4 is 21.4 Å². The molecule has 1 aliphatic rings. The normalized spacial score (nSPS) is 14.0. The van der Waals surface area contributed by atoms with Crippen molar-refractivity contribution in [2.45, 2.75) is 50.3 Å². The Bertz CT molecular complexity index is 814. The summed E-state index contributed by atoms with van der Waals surface area (Å²) < 4.78 is 28.0. The molecule has 0 aromatic heterocycles. The summed E-state index contributed by atoms with van der Waals surface area (Å²) in [5, 5.41) is 3.32. The molecule has 0 saturated heterocycles. The number of hydrogen-bond donors (Lipinski definition) is 2. The number of aryl methyl sites for hydroxylation is 2. The lowest BCUT2D eigenvalue weighted by atomic mass is 9.92. The van der Waals surface area contributed by atoms with E-state index in [-0.39, 0.29) is 0 Å². The van der Waals surface area contributed by atoms with Gasteiger partial charge in [-0.25, -0.2) is 8.42 Å². The van der Waals surface area contributed by atoms with Crippen LogP contribution in [0.2, 0.25) is 0 Å². The summed E-state index contributed by atoms with van der Waals surface area (Å²) in [6.07, 6.45) is 6.61. The molecule has 4 nitrogen and oxygen atoms in total. The zero-order chi connectivity index (χ0) is 17.7. The number of anilines is 2. The molecular formula is C20H26N2O2S. The van der Waals surface area contributed by atoms with Crippen molar-refractivity contribution in [1.82, 2.24) is 0 Å². The summed E-state index contributed by atoms with van der Waals surface area (Å²) in [6.45, 7) is 3.08. The van der Waals surface area contributed by atoms with Crippen LogP contribution in [0, 0.1) is 0 Å². The Morgan fingerprint density at radius 1 is 0.920 bits per heavy atom. The molecule has 0 heterocycles. The van der Waals surface area contributed by atoms with Crippen LogP contribution in [0.4, 0.5) is 11.4 Å². The largest absolute Gasteiger partial charge is 0.385 e. The first-order chi connectivity index (χ1) is 12.1. The molecule has 0 amide bonds. The van der Waals surface area contributed by atoms with Crippen LogP contribution in [-0.2, 0) is 22.9 Å². The third-order valence-corrected chi connectivity index (χ3v) is 6.01. The van der Waals surface area contributed by atoms with Crippen LogP contribution in [-0.4, -0.2) is 15.0 Å². The highest BCUT2D eigenvalue weighted by Crippen LogP contribution is 2.25. The zero-order valence-electron chi connectivity index (χ0n) is 14.7. The summed E-state index contributed by atoms with van der Waals surface area (Å²) >= 11 is 0. The van der Waals surface area contributed by atoms with Gasteiger partial charge in [-0.15, -0.1) is 0 Å². The van der Waals surface area contributed by atoms with Crippen LogP contribution >= 0.6 is 0 Å². The Kier molecular flexibility index (Phi) is 5.63. The summed E-state index contributed by atoms with van der Waals surface area (Å²) in [4.78, 5) is 0.346. The smallest absolute Gasteiger partial charge is 0.261 e. The minimum absolute atomic E-state index is 0.346. The Balaban J connectivity index is 1.71. The van der Waals surface area contributed by atoms with Gasteiger partial charge in [0.2, 0.25) is 0 Å². The zero-order valence-corrected chi connectivity index (χ0v) is 15.5. The fraction of sp³-hybridized carbons (Fsp3) is 0.400. The molecule has 0 unspecified atom stereocenters. The van der Waals surface area contributed by atoms with E-state index in [0.29, 0.717) is 10.6 Å². The Morgan fingerprint density at radius 2 is 1.60 bits per heavy atom. The molecule has 3 rings (SSSR count). The van der Waals surface area contributed by atoms with Crippen LogP contribution in [0.25, 0.3) is 0 Å². The van der Waals surface area contributed by atoms with Crippen molar-refractivity contribution in [1.29, 1.82) is 0 Å². The van der Waals surface area contributed by atoms with Crippen LogP contribution < -0.4 is 10.0 Å². The highest BCUT2D eigenvalue weighted by Gasteiger charge is 2.17. The lowest BCUT2D eigenvalue weighted by Gasteiger charge is -2.17. The van der Waals surface area contributed by atoms with Gasteiger partial charge >= 0.3 is 0 Å². The first kappa shape index (κ1) is 17.8. The number of nitrogens with one attached hydrogen (secondary N) is 2. The molecular weight excluding hydrogens is 332 g/mol. The molecule has 0 atom stereocenters. The number of unbranched alkanes of at least 4 members (excludes halogenated alkanes) is 1. The molecule has 2 N–H and O–H groups in total. The highest BCUT2D eigenvalue weighted by molar-refractivity contribution is 7.92. The molecule has 134 valence electrons. The van der Waals surface area contributed by atoms with Gasteiger partial charge in [0.15, 0.2) is 0 Å². The van der Waals surface area contributed by atoms with Crippen molar-refractivity contribution in [3.63, 3.8) is 0 Å². The molecule has 2 aromatic carbocycles. The van der Waals surface area contributed by atoms with Gasteiger partial charge in [-0.05, 0) is 79.6 Å². The van der Waals surface area contributed by atoms with E-state index in [1.165, 1.54) is 17.5 Å². The number of sulfonamides is 1. The minimum Gasteiger partial charge on any atom is -0.385 e. The molecule has 0 aliphatic heterocycles. The van der Waals surface area contributed by atoms with E-state index >= 15 is 0 Å². The summed E-state index contributed by atoms with van der Waals surface area (Å²) in [5.74, 6) is 0. The third-order valence-electron chi connectivity index (χ3n) is 4.63. The maximum atomic E-state index is 12.7. The van der Waals surface area contributed by atoms with E-state index in [2.05, 4.69) is 17.0 Å². The van der Waals surface area contributed by atoms with Gasteiger partial charge < -0.3 is 5.32 Å². The fourth-order valence-electron chi connectivity index (χ4n) is 3.16. The van der Waals surface area contributed by atoms with Crippen molar-refractivity contribution in [2.75, 3.05) is 16.6 Å². The topological polar surface area (TPSA) is 58.2 Å². The van der Waals surface area contributed by atoms with Crippen molar-refractivity contribution in [2.24, 2.45) is 0 Å². The number of rotatable bonds is 7. The van der Waals surface area contributed by atoms with Gasteiger partial charge in [-0.2, -0.15) is 0 Å². The van der Waals surface area contributed by atoms with Gasteiger partial charge in [-0.1, -0.05) is 19.4 Å². The minimum atomic E-state index is -3.55. The van der Waals surface area contributed by atoms with E-state index in [1.807, 2.05) is 24.3 Å². The van der Waals surface area contributed by atoms with Crippen molar-refractivity contribution in [3.05, 3.63) is 53.6 Å². The molecule has 1 aliphatic carbocycles. The Labute approximate surface area is 150 Å². The first-order valence-electron chi connectivity index (χ1n) is 9.07. The predicted molar refractivity (Wildman–Crippen MR) is 104 cm³/mol. The van der Waals surface area contributed by atoms with Gasteiger partial charge in [0.25, 0.3) is 10.0 Å². The standard InChI is InChI=1S/C20H26N2O2S/c1-2-3-14-21-18-9-11-19(12-10-18)22-25(23,24)20-13-8-16-6-4-5-7-17(16)15-20/h8-13,15,21-22H,2-7,14H2,1H3. The lowest BCUT2D eigenvalue weighted by molar-refractivity contribution is 0.600. The van der Waals surface area contributed by atoms with E-state index < -0.39 is 10.0 Å². The summed E-state index contributed by atoms with van der Waals surface area (Å²) in [5.41, 5.74) is 4.04. The molecule has 0 fully saturated rings. The molecule has 0 bridgehead atoms. The monoisotopic (exact) mass is 358 g/mol. The summed E-state index contributed by atoms with van der Waals surface area (Å²) in [6, 6.07) is 12.9. The van der Waals surface area contributed by atoms with Crippen molar-refractivity contribution in [3.8, 4) is 0 Å². The first-order valence-corrected chi connectivity index (χ1v) is 10.6. The van der Waals surface area contributed by atoms with Crippen LogP contribution in [0.15, 0.2) is 47.4 Å². The van der Waals surface area contributed by atoms with Gasteiger partial charge in [0.05, 0.1) is 4.90 Å². The number of benzene rings is 2. The fourth-order valence-corrected chi connectivity index (χ4v) is 4.27. The molecule has 0 saturated carbocycles. The van der Waals surface area contributed by atoms with Gasteiger partial charge in [0, 0.05) is 17.9 Å². The van der Waals surface area contributed by atoms with Crippen LogP contribution in [0.1, 0.15) is 43.7 Å². The molecule has 25 heavy (non-hydrogen) atoms. The second-order valence-corrected chi connectivity index (χ2v) is 8.28. The number of hydrogen-bond acceptors (Lipinski definition) is 3. The van der Waals surface area contributed by atoms with Crippen molar-refractivity contribution < 1.29 is 8.42 Å². The predicted octanol–water partition coefficient (Wildman–Crippen LogP) is 4.58. The maximum Gasteiger partial charge on any atom is 0.261 e. The summed E-state index contributed by atoms with van der Waals surface area (Å²) in [7, 11) is -3.55. The van der Waals surface area contributed by atoms with E-state index in [9.17, 15) is 8.42 Å². The van der Waals surface area contributed by atoms with Crippen LogP contribution in [0.5, 0.6) is 0 Å². The quantitative estimate of drug-likeness (QED) is 0.712.